The number of pyridine rings is 1. The molecule has 2 heterocycles. The first-order chi connectivity index (χ1) is 9.79. The van der Waals surface area contributed by atoms with E-state index in [1.807, 2.05) is 4.98 Å². The van der Waals surface area contributed by atoms with Crippen LogP contribution < -0.4 is 10.9 Å². The molecular weight excluding hydrogens is 291 g/mol. The van der Waals surface area contributed by atoms with Gasteiger partial charge < -0.3 is 14.9 Å². The number of rotatable bonds is 3. The van der Waals surface area contributed by atoms with Crippen molar-refractivity contribution in [1.29, 1.82) is 0 Å². The molecule has 0 aliphatic rings. The highest BCUT2D eigenvalue weighted by Gasteiger charge is 2.32. The molecule has 0 bridgehead atoms. The van der Waals surface area contributed by atoms with Crippen molar-refractivity contribution in [3.63, 3.8) is 0 Å². The standard InChI is InChI=1S/C11H10F3N5O2/c1-19-5-17-18-8(19)4-16-10(21)7-2-6(11(12,13)14)3-15-9(7)20/h2-3,5H,4H2,1H3,(H,15,20)(H,16,21). The second kappa shape index (κ2) is 5.38. The molecule has 2 aromatic rings. The number of carbonyl (C=O) groups is 1. The van der Waals surface area contributed by atoms with Crippen molar-refractivity contribution in [3.8, 4) is 0 Å². The van der Waals surface area contributed by atoms with E-state index in [9.17, 15) is 22.8 Å². The maximum Gasteiger partial charge on any atom is 0.417 e. The van der Waals surface area contributed by atoms with Crippen LogP contribution in [0.4, 0.5) is 13.2 Å². The number of halogens is 3. The highest BCUT2D eigenvalue weighted by atomic mass is 19.4. The van der Waals surface area contributed by atoms with Crippen LogP contribution >= 0.6 is 0 Å². The van der Waals surface area contributed by atoms with Gasteiger partial charge in [-0.2, -0.15) is 13.2 Å². The molecular formula is C11H10F3N5O2. The van der Waals surface area contributed by atoms with E-state index in [1.165, 1.54) is 10.9 Å². The molecule has 0 unspecified atom stereocenters. The second-order valence-corrected chi connectivity index (χ2v) is 4.17. The first-order valence-corrected chi connectivity index (χ1v) is 5.70. The molecule has 1 amide bonds. The summed E-state index contributed by atoms with van der Waals surface area (Å²) in [6.07, 6.45) is -2.73. The molecule has 10 heteroatoms. The number of hydrogen-bond acceptors (Lipinski definition) is 4. The van der Waals surface area contributed by atoms with E-state index in [0.717, 1.165) is 0 Å². The molecule has 0 aromatic carbocycles. The van der Waals surface area contributed by atoms with Gasteiger partial charge in [-0.1, -0.05) is 0 Å². The van der Waals surface area contributed by atoms with Crippen LogP contribution in [0, 0.1) is 0 Å². The SMILES string of the molecule is Cn1cnnc1CNC(=O)c1cc(C(F)(F)F)c[nH]c1=O. The molecule has 0 aliphatic carbocycles. The van der Waals surface area contributed by atoms with Crippen molar-refractivity contribution in [3.05, 3.63) is 45.9 Å². The first kappa shape index (κ1) is 14.8. The smallest absolute Gasteiger partial charge is 0.345 e. The van der Waals surface area contributed by atoms with Crippen molar-refractivity contribution in [2.24, 2.45) is 7.05 Å². The summed E-state index contributed by atoms with van der Waals surface area (Å²) in [7, 11) is 1.64. The van der Waals surface area contributed by atoms with Gasteiger partial charge in [-0.25, -0.2) is 0 Å². The Labute approximate surface area is 115 Å². The number of aryl methyl sites for hydroxylation is 1. The lowest BCUT2D eigenvalue weighted by Crippen LogP contribution is -2.30. The highest BCUT2D eigenvalue weighted by molar-refractivity contribution is 5.93. The van der Waals surface area contributed by atoms with Crippen LogP contribution in [-0.4, -0.2) is 25.7 Å². The summed E-state index contributed by atoms with van der Waals surface area (Å²) in [5, 5.41) is 9.59. The first-order valence-electron chi connectivity index (χ1n) is 5.70. The molecule has 2 N–H and O–H groups in total. The largest absolute Gasteiger partial charge is 0.417 e. The number of amides is 1. The number of aromatic amines is 1. The van der Waals surface area contributed by atoms with Gasteiger partial charge in [-0.3, -0.25) is 9.59 Å². The van der Waals surface area contributed by atoms with E-state index >= 15 is 0 Å². The van der Waals surface area contributed by atoms with Crippen LogP contribution in [0.3, 0.4) is 0 Å². The van der Waals surface area contributed by atoms with Gasteiger partial charge in [0.05, 0.1) is 12.1 Å². The number of alkyl halides is 3. The third-order valence-electron chi connectivity index (χ3n) is 2.69. The molecule has 0 aliphatic heterocycles. The van der Waals surface area contributed by atoms with Crippen LogP contribution in [0.2, 0.25) is 0 Å². The van der Waals surface area contributed by atoms with Gasteiger partial charge in [0.2, 0.25) is 0 Å². The Morgan fingerprint density at radius 1 is 1.48 bits per heavy atom. The van der Waals surface area contributed by atoms with Crippen molar-refractivity contribution < 1.29 is 18.0 Å². The third kappa shape index (κ3) is 3.27. The van der Waals surface area contributed by atoms with E-state index in [4.69, 9.17) is 0 Å². The van der Waals surface area contributed by atoms with E-state index in [1.54, 1.807) is 7.05 Å². The third-order valence-corrected chi connectivity index (χ3v) is 2.69. The molecule has 2 rings (SSSR count). The van der Waals surface area contributed by atoms with Gasteiger partial charge in [-0.15, -0.1) is 10.2 Å². The summed E-state index contributed by atoms with van der Waals surface area (Å²) < 4.78 is 39.2. The van der Waals surface area contributed by atoms with Crippen molar-refractivity contribution in [2.75, 3.05) is 0 Å². The van der Waals surface area contributed by atoms with E-state index in [-0.39, 0.29) is 6.54 Å². The summed E-state index contributed by atoms with van der Waals surface area (Å²) in [6, 6.07) is 0.505. The van der Waals surface area contributed by atoms with E-state index in [2.05, 4.69) is 15.5 Å². The fraction of sp³-hybridized carbons (Fsp3) is 0.273. The van der Waals surface area contributed by atoms with Crippen LogP contribution in [-0.2, 0) is 19.8 Å². The maximum atomic E-state index is 12.5. The van der Waals surface area contributed by atoms with Crippen LogP contribution in [0.5, 0.6) is 0 Å². The predicted octanol–water partition coefficient (Wildman–Crippen LogP) is 0.452. The Morgan fingerprint density at radius 3 is 2.76 bits per heavy atom. The molecule has 0 saturated heterocycles. The molecule has 0 saturated carbocycles. The predicted molar refractivity (Wildman–Crippen MR) is 64.2 cm³/mol. The highest BCUT2D eigenvalue weighted by Crippen LogP contribution is 2.28. The summed E-state index contributed by atoms with van der Waals surface area (Å²) in [6.45, 7) is -0.0645. The summed E-state index contributed by atoms with van der Waals surface area (Å²) in [4.78, 5) is 25.1. The summed E-state index contributed by atoms with van der Waals surface area (Å²) in [5.74, 6) is -0.530. The quantitative estimate of drug-likeness (QED) is 0.861. The molecule has 0 fully saturated rings. The van der Waals surface area contributed by atoms with E-state index in [0.29, 0.717) is 18.1 Å². The number of nitrogens with one attached hydrogen (secondary N) is 2. The van der Waals surface area contributed by atoms with Crippen LogP contribution in [0.1, 0.15) is 21.7 Å². The zero-order valence-electron chi connectivity index (χ0n) is 10.7. The topological polar surface area (TPSA) is 92.7 Å². The molecule has 7 nitrogen and oxygen atoms in total. The Hall–Kier alpha value is -2.65. The normalized spacial score (nSPS) is 11.4. The van der Waals surface area contributed by atoms with Gasteiger partial charge >= 0.3 is 6.18 Å². The van der Waals surface area contributed by atoms with Crippen molar-refractivity contribution in [2.45, 2.75) is 12.7 Å². The monoisotopic (exact) mass is 301 g/mol. The Kier molecular flexibility index (Phi) is 3.78. The average Bonchev–Trinajstić information content (AvgIpc) is 2.80. The van der Waals surface area contributed by atoms with Crippen molar-refractivity contribution >= 4 is 5.91 Å². The Morgan fingerprint density at radius 2 is 2.19 bits per heavy atom. The minimum absolute atomic E-state index is 0.0645. The molecule has 2 aromatic heterocycles. The lowest BCUT2D eigenvalue weighted by atomic mass is 10.2. The molecule has 0 radical (unpaired) electrons. The number of aromatic nitrogens is 4. The number of nitrogens with zero attached hydrogens (tertiary/aromatic N) is 3. The Balaban J connectivity index is 2.19. The van der Waals surface area contributed by atoms with Gasteiger partial charge in [0, 0.05) is 13.2 Å². The Bertz CT molecular complexity index is 719. The summed E-state index contributed by atoms with van der Waals surface area (Å²) >= 11 is 0. The lowest BCUT2D eigenvalue weighted by Gasteiger charge is -2.08. The fourth-order valence-corrected chi connectivity index (χ4v) is 1.54. The van der Waals surface area contributed by atoms with Gasteiger partial charge in [0.1, 0.15) is 11.9 Å². The number of hydrogen-bond donors (Lipinski definition) is 2. The summed E-state index contributed by atoms with van der Waals surface area (Å²) in [5.41, 5.74) is -2.63. The zero-order chi connectivity index (χ0) is 15.6. The average molecular weight is 301 g/mol. The molecule has 0 spiro atoms. The number of carbonyl (C=O) groups excluding carboxylic acids is 1. The van der Waals surface area contributed by atoms with Gasteiger partial charge in [-0.05, 0) is 6.07 Å². The molecule has 112 valence electrons. The lowest BCUT2D eigenvalue weighted by molar-refractivity contribution is -0.137. The zero-order valence-corrected chi connectivity index (χ0v) is 10.7. The minimum Gasteiger partial charge on any atom is -0.345 e. The second-order valence-electron chi connectivity index (χ2n) is 4.17. The minimum atomic E-state index is -4.65. The molecule has 21 heavy (non-hydrogen) atoms. The van der Waals surface area contributed by atoms with Crippen LogP contribution in [0.25, 0.3) is 0 Å². The fourth-order valence-electron chi connectivity index (χ4n) is 1.54. The molecule has 0 atom stereocenters. The van der Waals surface area contributed by atoms with Crippen molar-refractivity contribution in [1.82, 2.24) is 25.1 Å². The van der Waals surface area contributed by atoms with Crippen LogP contribution in [0.15, 0.2) is 23.4 Å². The van der Waals surface area contributed by atoms with Gasteiger partial charge in [0.15, 0.2) is 5.82 Å². The van der Waals surface area contributed by atoms with E-state index < -0.39 is 28.8 Å². The number of H-pyrrole nitrogens is 1. The maximum absolute atomic E-state index is 12.5. The van der Waals surface area contributed by atoms with Gasteiger partial charge in [0.25, 0.3) is 11.5 Å².